The fourth-order valence-electron chi connectivity index (χ4n) is 2.98. The Hall–Kier alpha value is -0.610. The molecule has 1 saturated heterocycles. The lowest BCUT2D eigenvalue weighted by molar-refractivity contribution is -0.132. The summed E-state index contributed by atoms with van der Waals surface area (Å²) in [4.78, 5) is 16.4. The van der Waals surface area contributed by atoms with Gasteiger partial charge in [0.25, 0.3) is 0 Å². The van der Waals surface area contributed by atoms with Gasteiger partial charge in [-0.15, -0.1) is 0 Å². The number of rotatable bonds is 4. The van der Waals surface area contributed by atoms with Crippen molar-refractivity contribution in [1.29, 1.82) is 0 Å². The van der Waals surface area contributed by atoms with E-state index in [9.17, 15) is 4.79 Å². The molecule has 1 aliphatic carbocycles. The molecule has 104 valence electrons. The SMILES string of the molecule is CN1CCC(CN(C)C(=O)CC2(N)CCC2)CC1. The minimum atomic E-state index is -0.182. The lowest BCUT2D eigenvalue weighted by Crippen LogP contribution is -2.50. The van der Waals surface area contributed by atoms with E-state index in [2.05, 4.69) is 11.9 Å². The number of nitrogens with two attached hydrogens (primary N) is 1. The number of carbonyl (C=O) groups excluding carboxylic acids is 1. The molecular weight excluding hydrogens is 226 g/mol. The van der Waals surface area contributed by atoms with Crippen LogP contribution >= 0.6 is 0 Å². The highest BCUT2D eigenvalue weighted by atomic mass is 16.2. The standard InChI is InChI=1S/C14H27N3O/c1-16-8-4-12(5-9-16)11-17(2)13(18)10-14(15)6-3-7-14/h12H,3-11,15H2,1-2H3. The predicted octanol–water partition coefficient (Wildman–Crippen LogP) is 1.06. The molecule has 2 aliphatic rings. The predicted molar refractivity (Wildman–Crippen MR) is 73.2 cm³/mol. The first-order valence-electron chi connectivity index (χ1n) is 7.20. The van der Waals surface area contributed by atoms with Crippen LogP contribution in [0.25, 0.3) is 0 Å². The van der Waals surface area contributed by atoms with Crippen molar-refractivity contribution in [3.8, 4) is 0 Å². The zero-order valence-electron chi connectivity index (χ0n) is 11.8. The minimum Gasteiger partial charge on any atom is -0.345 e. The van der Waals surface area contributed by atoms with Gasteiger partial charge in [0, 0.05) is 25.6 Å². The van der Waals surface area contributed by atoms with E-state index in [0.29, 0.717) is 12.3 Å². The van der Waals surface area contributed by atoms with Crippen LogP contribution in [0.1, 0.15) is 38.5 Å². The topological polar surface area (TPSA) is 49.6 Å². The van der Waals surface area contributed by atoms with Gasteiger partial charge in [0.05, 0.1) is 0 Å². The fraction of sp³-hybridized carbons (Fsp3) is 0.929. The minimum absolute atomic E-state index is 0.182. The van der Waals surface area contributed by atoms with E-state index >= 15 is 0 Å². The summed E-state index contributed by atoms with van der Waals surface area (Å²) in [5, 5.41) is 0. The van der Waals surface area contributed by atoms with Crippen molar-refractivity contribution in [3.63, 3.8) is 0 Å². The summed E-state index contributed by atoms with van der Waals surface area (Å²) >= 11 is 0. The highest BCUT2D eigenvalue weighted by Crippen LogP contribution is 2.32. The zero-order valence-corrected chi connectivity index (χ0v) is 11.8. The van der Waals surface area contributed by atoms with E-state index in [0.717, 1.165) is 32.5 Å². The first-order valence-corrected chi connectivity index (χ1v) is 7.20. The van der Waals surface area contributed by atoms with Gasteiger partial charge >= 0.3 is 0 Å². The maximum absolute atomic E-state index is 12.1. The first kappa shape index (κ1) is 13.8. The number of hydrogen-bond donors (Lipinski definition) is 1. The monoisotopic (exact) mass is 253 g/mol. The largest absolute Gasteiger partial charge is 0.345 e. The Balaban J connectivity index is 1.73. The van der Waals surface area contributed by atoms with Gasteiger partial charge in [0.1, 0.15) is 0 Å². The van der Waals surface area contributed by atoms with Crippen molar-refractivity contribution in [2.24, 2.45) is 11.7 Å². The number of piperidine rings is 1. The molecular formula is C14H27N3O. The average molecular weight is 253 g/mol. The molecule has 4 nitrogen and oxygen atoms in total. The highest BCUT2D eigenvalue weighted by molar-refractivity contribution is 5.77. The molecule has 0 spiro atoms. The van der Waals surface area contributed by atoms with E-state index in [1.54, 1.807) is 0 Å². The van der Waals surface area contributed by atoms with Gasteiger partial charge < -0.3 is 15.5 Å². The second-order valence-corrected chi connectivity index (χ2v) is 6.41. The third-order valence-corrected chi connectivity index (χ3v) is 4.65. The summed E-state index contributed by atoms with van der Waals surface area (Å²) in [5.41, 5.74) is 5.96. The second-order valence-electron chi connectivity index (χ2n) is 6.41. The highest BCUT2D eigenvalue weighted by Gasteiger charge is 2.35. The van der Waals surface area contributed by atoms with Gasteiger partial charge in [0.15, 0.2) is 0 Å². The van der Waals surface area contributed by atoms with Gasteiger partial charge in [-0.2, -0.15) is 0 Å². The van der Waals surface area contributed by atoms with Crippen LogP contribution in [-0.2, 0) is 4.79 Å². The van der Waals surface area contributed by atoms with Gasteiger partial charge in [-0.3, -0.25) is 4.79 Å². The van der Waals surface area contributed by atoms with E-state index in [1.807, 2.05) is 11.9 Å². The third-order valence-electron chi connectivity index (χ3n) is 4.65. The Morgan fingerprint density at radius 1 is 1.39 bits per heavy atom. The summed E-state index contributed by atoms with van der Waals surface area (Å²) < 4.78 is 0. The van der Waals surface area contributed by atoms with Crippen LogP contribution in [0.3, 0.4) is 0 Å². The Labute approximate surface area is 110 Å². The van der Waals surface area contributed by atoms with E-state index < -0.39 is 0 Å². The van der Waals surface area contributed by atoms with Crippen molar-refractivity contribution in [1.82, 2.24) is 9.80 Å². The summed E-state index contributed by atoms with van der Waals surface area (Å²) in [6.45, 7) is 3.23. The third kappa shape index (κ3) is 3.45. The number of nitrogens with zero attached hydrogens (tertiary/aromatic N) is 2. The number of likely N-dealkylation sites (tertiary alicyclic amines) is 1. The van der Waals surface area contributed by atoms with Crippen molar-refractivity contribution >= 4 is 5.91 Å². The zero-order chi connectivity index (χ0) is 13.2. The van der Waals surface area contributed by atoms with Crippen molar-refractivity contribution in [2.45, 2.75) is 44.1 Å². The summed E-state index contributed by atoms with van der Waals surface area (Å²) in [6.07, 6.45) is 6.17. The van der Waals surface area contributed by atoms with Crippen LogP contribution in [0.15, 0.2) is 0 Å². The normalized spacial score (nSPS) is 24.6. The van der Waals surface area contributed by atoms with Gasteiger partial charge in [0.2, 0.25) is 5.91 Å². The summed E-state index contributed by atoms with van der Waals surface area (Å²) in [7, 11) is 4.10. The Kier molecular flexibility index (Phi) is 4.28. The molecule has 0 aromatic heterocycles. The Morgan fingerprint density at radius 3 is 2.50 bits per heavy atom. The van der Waals surface area contributed by atoms with E-state index in [1.165, 1.54) is 19.3 Å². The first-order chi connectivity index (χ1) is 8.48. The number of carbonyl (C=O) groups is 1. The second kappa shape index (κ2) is 5.57. The maximum atomic E-state index is 12.1. The fourth-order valence-corrected chi connectivity index (χ4v) is 2.98. The van der Waals surface area contributed by atoms with Crippen LogP contribution in [0.4, 0.5) is 0 Å². The van der Waals surface area contributed by atoms with Crippen LogP contribution in [0.5, 0.6) is 0 Å². The lowest BCUT2D eigenvalue weighted by Gasteiger charge is -2.39. The van der Waals surface area contributed by atoms with E-state index in [4.69, 9.17) is 5.73 Å². The molecule has 1 saturated carbocycles. The molecule has 0 unspecified atom stereocenters. The molecule has 2 fully saturated rings. The Bertz CT molecular complexity index is 293. The van der Waals surface area contributed by atoms with Gasteiger partial charge in [-0.25, -0.2) is 0 Å². The van der Waals surface area contributed by atoms with Crippen LogP contribution in [0, 0.1) is 5.92 Å². The molecule has 2 rings (SSSR count). The molecule has 18 heavy (non-hydrogen) atoms. The molecule has 1 aliphatic heterocycles. The molecule has 0 aromatic rings. The number of hydrogen-bond acceptors (Lipinski definition) is 3. The summed E-state index contributed by atoms with van der Waals surface area (Å²) in [5.74, 6) is 0.904. The Morgan fingerprint density at radius 2 is 2.00 bits per heavy atom. The molecule has 0 bridgehead atoms. The molecule has 1 amide bonds. The van der Waals surface area contributed by atoms with Crippen LogP contribution < -0.4 is 5.73 Å². The van der Waals surface area contributed by atoms with Crippen LogP contribution in [0.2, 0.25) is 0 Å². The van der Waals surface area contributed by atoms with E-state index in [-0.39, 0.29) is 11.4 Å². The molecule has 4 heteroatoms. The maximum Gasteiger partial charge on any atom is 0.224 e. The van der Waals surface area contributed by atoms with Gasteiger partial charge in [-0.1, -0.05) is 0 Å². The smallest absolute Gasteiger partial charge is 0.224 e. The van der Waals surface area contributed by atoms with Crippen molar-refractivity contribution in [2.75, 3.05) is 33.7 Å². The average Bonchev–Trinajstić information content (AvgIpc) is 2.30. The quantitative estimate of drug-likeness (QED) is 0.815. The molecule has 0 aromatic carbocycles. The summed E-state index contributed by atoms with van der Waals surface area (Å²) in [6, 6.07) is 0. The van der Waals surface area contributed by atoms with Crippen LogP contribution in [-0.4, -0.2) is 55.0 Å². The lowest BCUT2D eigenvalue weighted by atomic mass is 9.75. The van der Waals surface area contributed by atoms with Crippen molar-refractivity contribution < 1.29 is 4.79 Å². The van der Waals surface area contributed by atoms with Gasteiger partial charge in [-0.05, 0) is 58.2 Å². The molecule has 1 heterocycles. The number of amides is 1. The molecule has 0 atom stereocenters. The molecule has 0 radical (unpaired) electrons. The van der Waals surface area contributed by atoms with Crippen molar-refractivity contribution in [3.05, 3.63) is 0 Å². The molecule has 2 N–H and O–H groups in total.